The standard InChI is InChI=1S/C16H22N2O5/c1-4-18(16(2,14(20)21)13(19)10-17-3)15(22)23-11-12-8-6-5-7-9-12/h5-9,17H,4,10-11H2,1-3H3,(H,20,21). The summed E-state index contributed by atoms with van der Waals surface area (Å²) in [6.45, 7) is 2.68. The predicted octanol–water partition coefficient (Wildman–Crippen LogP) is 1.28. The lowest BCUT2D eigenvalue weighted by Gasteiger charge is -2.35. The summed E-state index contributed by atoms with van der Waals surface area (Å²) >= 11 is 0. The van der Waals surface area contributed by atoms with Crippen LogP contribution in [0.15, 0.2) is 30.3 Å². The van der Waals surface area contributed by atoms with Crippen LogP contribution in [0, 0.1) is 0 Å². The molecule has 1 rings (SSSR count). The lowest BCUT2D eigenvalue weighted by molar-refractivity contribution is -0.155. The topological polar surface area (TPSA) is 95.9 Å². The number of carboxylic acids is 1. The van der Waals surface area contributed by atoms with Crippen LogP contribution in [0.2, 0.25) is 0 Å². The molecule has 0 aliphatic heterocycles. The Morgan fingerprint density at radius 3 is 2.35 bits per heavy atom. The van der Waals surface area contributed by atoms with E-state index in [4.69, 9.17) is 4.74 Å². The van der Waals surface area contributed by atoms with E-state index in [1.807, 2.05) is 6.07 Å². The maximum absolute atomic E-state index is 12.3. The van der Waals surface area contributed by atoms with E-state index in [-0.39, 0.29) is 19.7 Å². The fraction of sp³-hybridized carbons (Fsp3) is 0.438. The summed E-state index contributed by atoms with van der Waals surface area (Å²) in [4.78, 5) is 37.0. The number of Topliss-reactive ketones (excluding diaryl/α,β-unsaturated/α-hetero) is 1. The van der Waals surface area contributed by atoms with Gasteiger partial charge in [0.05, 0.1) is 6.54 Å². The lowest BCUT2D eigenvalue weighted by atomic mass is 9.94. The third kappa shape index (κ3) is 4.29. The van der Waals surface area contributed by atoms with Crippen LogP contribution in [0.25, 0.3) is 0 Å². The number of amides is 1. The molecule has 0 aliphatic carbocycles. The third-order valence-electron chi connectivity index (χ3n) is 3.58. The SMILES string of the molecule is CCN(C(=O)OCc1ccccc1)C(C)(C(=O)O)C(=O)CNC. The van der Waals surface area contributed by atoms with Crippen LogP contribution >= 0.6 is 0 Å². The zero-order valence-electron chi connectivity index (χ0n) is 13.5. The molecule has 0 heterocycles. The van der Waals surface area contributed by atoms with E-state index in [2.05, 4.69) is 5.32 Å². The molecule has 0 saturated carbocycles. The van der Waals surface area contributed by atoms with Crippen molar-refractivity contribution in [1.82, 2.24) is 10.2 Å². The Labute approximate surface area is 135 Å². The second-order valence-corrected chi connectivity index (χ2v) is 5.12. The van der Waals surface area contributed by atoms with Crippen molar-refractivity contribution in [2.45, 2.75) is 26.0 Å². The molecule has 1 atom stereocenters. The van der Waals surface area contributed by atoms with Gasteiger partial charge in [0.2, 0.25) is 5.54 Å². The van der Waals surface area contributed by atoms with Gasteiger partial charge in [0.25, 0.3) is 0 Å². The first kappa shape index (κ1) is 18.6. The van der Waals surface area contributed by atoms with Crippen molar-refractivity contribution < 1.29 is 24.2 Å². The number of ether oxygens (including phenoxy) is 1. The molecule has 0 aliphatic rings. The van der Waals surface area contributed by atoms with Gasteiger partial charge < -0.3 is 15.2 Å². The Bertz CT molecular complexity index is 561. The molecule has 7 nitrogen and oxygen atoms in total. The molecular formula is C16H22N2O5. The smallest absolute Gasteiger partial charge is 0.411 e. The molecule has 1 unspecified atom stereocenters. The molecule has 1 amide bonds. The number of benzene rings is 1. The van der Waals surface area contributed by atoms with Crippen LogP contribution in [-0.2, 0) is 20.9 Å². The number of carbonyl (C=O) groups excluding carboxylic acids is 2. The van der Waals surface area contributed by atoms with Gasteiger partial charge in [-0.05, 0) is 26.5 Å². The Balaban J connectivity index is 2.91. The number of ketones is 1. The first-order chi connectivity index (χ1) is 10.9. The average Bonchev–Trinajstić information content (AvgIpc) is 2.54. The molecular weight excluding hydrogens is 300 g/mol. The van der Waals surface area contributed by atoms with E-state index in [0.717, 1.165) is 10.5 Å². The maximum Gasteiger partial charge on any atom is 0.411 e. The van der Waals surface area contributed by atoms with Crippen LogP contribution in [0.5, 0.6) is 0 Å². The average molecular weight is 322 g/mol. The minimum absolute atomic E-state index is 0.00604. The van der Waals surface area contributed by atoms with Gasteiger partial charge in [-0.25, -0.2) is 9.59 Å². The predicted molar refractivity (Wildman–Crippen MR) is 84.0 cm³/mol. The van der Waals surface area contributed by atoms with Gasteiger partial charge in [-0.1, -0.05) is 30.3 Å². The van der Waals surface area contributed by atoms with Crippen LogP contribution in [0.3, 0.4) is 0 Å². The molecule has 126 valence electrons. The van der Waals surface area contributed by atoms with Crippen molar-refractivity contribution in [3.63, 3.8) is 0 Å². The van der Waals surface area contributed by atoms with Crippen LogP contribution < -0.4 is 5.32 Å². The fourth-order valence-electron chi connectivity index (χ4n) is 2.14. The van der Waals surface area contributed by atoms with Crippen molar-refractivity contribution in [2.75, 3.05) is 20.1 Å². The van der Waals surface area contributed by atoms with Crippen LogP contribution in [0.1, 0.15) is 19.4 Å². The normalized spacial score (nSPS) is 13.0. The van der Waals surface area contributed by atoms with Crippen molar-refractivity contribution in [2.24, 2.45) is 0 Å². The number of nitrogens with zero attached hydrogens (tertiary/aromatic N) is 1. The van der Waals surface area contributed by atoms with E-state index in [1.165, 1.54) is 14.0 Å². The van der Waals surface area contributed by atoms with Crippen molar-refractivity contribution in [1.29, 1.82) is 0 Å². The van der Waals surface area contributed by atoms with Gasteiger partial charge in [0, 0.05) is 6.54 Å². The van der Waals surface area contributed by atoms with E-state index in [1.54, 1.807) is 31.2 Å². The van der Waals surface area contributed by atoms with Gasteiger partial charge in [-0.3, -0.25) is 9.69 Å². The number of nitrogens with one attached hydrogen (secondary N) is 1. The second-order valence-electron chi connectivity index (χ2n) is 5.12. The quantitative estimate of drug-likeness (QED) is 0.700. The molecule has 23 heavy (non-hydrogen) atoms. The third-order valence-corrected chi connectivity index (χ3v) is 3.58. The zero-order valence-corrected chi connectivity index (χ0v) is 13.5. The van der Waals surface area contributed by atoms with Gasteiger partial charge in [-0.15, -0.1) is 0 Å². The lowest BCUT2D eigenvalue weighted by Crippen LogP contribution is -2.61. The molecule has 0 radical (unpaired) electrons. The first-order valence-electron chi connectivity index (χ1n) is 7.27. The molecule has 0 spiro atoms. The highest BCUT2D eigenvalue weighted by Crippen LogP contribution is 2.19. The molecule has 1 aromatic rings. The van der Waals surface area contributed by atoms with Crippen molar-refractivity contribution >= 4 is 17.8 Å². The summed E-state index contributed by atoms with van der Waals surface area (Å²) in [6.07, 6.45) is -0.842. The van der Waals surface area contributed by atoms with Crippen molar-refractivity contribution in [3.05, 3.63) is 35.9 Å². The van der Waals surface area contributed by atoms with Gasteiger partial charge in [-0.2, -0.15) is 0 Å². The minimum Gasteiger partial charge on any atom is -0.479 e. The zero-order chi connectivity index (χ0) is 17.5. The fourth-order valence-corrected chi connectivity index (χ4v) is 2.14. The molecule has 1 aromatic carbocycles. The summed E-state index contributed by atoms with van der Waals surface area (Å²) in [7, 11) is 1.53. The summed E-state index contributed by atoms with van der Waals surface area (Å²) in [6, 6.07) is 9.01. The first-order valence-corrected chi connectivity index (χ1v) is 7.27. The number of rotatable bonds is 8. The van der Waals surface area contributed by atoms with Gasteiger partial charge >= 0.3 is 12.1 Å². The van der Waals surface area contributed by atoms with E-state index < -0.39 is 23.4 Å². The summed E-state index contributed by atoms with van der Waals surface area (Å²) in [5.41, 5.74) is -1.21. The summed E-state index contributed by atoms with van der Waals surface area (Å²) in [5, 5.41) is 12.1. The molecule has 0 fully saturated rings. The number of carboxylic acid groups (broad SMARTS) is 1. The van der Waals surface area contributed by atoms with Crippen LogP contribution in [0.4, 0.5) is 4.79 Å². The molecule has 0 saturated heterocycles. The highest BCUT2D eigenvalue weighted by molar-refractivity contribution is 6.10. The minimum atomic E-state index is -1.98. The van der Waals surface area contributed by atoms with Gasteiger partial charge in [0.1, 0.15) is 6.61 Å². The maximum atomic E-state index is 12.3. The number of hydrogen-bond donors (Lipinski definition) is 2. The Morgan fingerprint density at radius 1 is 1.26 bits per heavy atom. The number of hydrogen-bond acceptors (Lipinski definition) is 5. The second kappa shape index (κ2) is 8.28. The number of aliphatic carboxylic acids is 1. The molecule has 7 heteroatoms. The number of carbonyl (C=O) groups is 3. The Kier molecular flexibility index (Phi) is 6.71. The number of likely N-dealkylation sites (N-methyl/N-ethyl adjacent to an activating group) is 2. The van der Waals surface area contributed by atoms with E-state index in [9.17, 15) is 19.5 Å². The molecule has 2 N–H and O–H groups in total. The van der Waals surface area contributed by atoms with E-state index in [0.29, 0.717) is 0 Å². The summed E-state index contributed by atoms with van der Waals surface area (Å²) in [5.74, 6) is -2.01. The largest absolute Gasteiger partial charge is 0.479 e. The molecule has 0 bridgehead atoms. The highest BCUT2D eigenvalue weighted by atomic mass is 16.6. The van der Waals surface area contributed by atoms with E-state index >= 15 is 0 Å². The van der Waals surface area contributed by atoms with Crippen molar-refractivity contribution in [3.8, 4) is 0 Å². The Hall–Kier alpha value is -2.41. The molecule has 0 aromatic heterocycles. The Morgan fingerprint density at radius 2 is 1.87 bits per heavy atom. The highest BCUT2D eigenvalue weighted by Gasteiger charge is 2.48. The summed E-state index contributed by atoms with van der Waals surface area (Å²) < 4.78 is 5.16. The van der Waals surface area contributed by atoms with Crippen LogP contribution in [-0.4, -0.2) is 53.5 Å². The van der Waals surface area contributed by atoms with Gasteiger partial charge in [0.15, 0.2) is 5.78 Å². The monoisotopic (exact) mass is 322 g/mol.